The topological polar surface area (TPSA) is 142 Å². The van der Waals surface area contributed by atoms with Gasteiger partial charge >= 0.3 is 10.3 Å². The van der Waals surface area contributed by atoms with Crippen molar-refractivity contribution in [2.45, 2.75) is 31.8 Å². The molecular weight excluding hydrogens is 345 g/mol. The second kappa shape index (κ2) is 7.44. The molecule has 0 aliphatic carbocycles. The molecule has 10 nitrogen and oxygen atoms in total. The van der Waals surface area contributed by atoms with Crippen molar-refractivity contribution in [1.29, 1.82) is 0 Å². The molecule has 0 bridgehead atoms. The van der Waals surface area contributed by atoms with E-state index in [1.54, 1.807) is 0 Å². The average molecular weight is 363 g/mol. The van der Waals surface area contributed by atoms with Crippen LogP contribution in [0.2, 0.25) is 0 Å². The minimum atomic E-state index is -4.24. The molecule has 0 saturated carbocycles. The molecule has 0 spiro atoms. The largest absolute Gasteiger partial charge is 0.385 e. The Morgan fingerprint density at radius 2 is 2.12 bits per heavy atom. The number of aliphatic hydroxyl groups is 1. The summed E-state index contributed by atoms with van der Waals surface area (Å²) in [4.78, 5) is 12.1. The summed E-state index contributed by atoms with van der Waals surface area (Å²) in [5, 5.41) is 14.8. The van der Waals surface area contributed by atoms with Crippen molar-refractivity contribution in [3.63, 3.8) is 0 Å². The fourth-order valence-corrected chi connectivity index (χ4v) is 2.47. The first kappa shape index (κ1) is 18.6. The van der Waals surface area contributed by atoms with Gasteiger partial charge in [-0.15, -0.1) is 0 Å². The molecule has 0 fully saturated rings. The highest BCUT2D eigenvalue weighted by molar-refractivity contribution is 7.84. The number of aryl methyl sites for hydroxylation is 1. The maximum atomic E-state index is 14.7. The van der Waals surface area contributed by atoms with Gasteiger partial charge in [-0.25, -0.2) is 24.5 Å². The smallest absolute Gasteiger partial charge is 0.333 e. The first-order valence-corrected chi connectivity index (χ1v) is 8.44. The third-order valence-corrected chi connectivity index (χ3v) is 3.86. The van der Waals surface area contributed by atoms with Crippen molar-refractivity contribution in [2.75, 3.05) is 13.7 Å². The van der Waals surface area contributed by atoms with Crippen molar-refractivity contribution < 1.29 is 26.8 Å². The number of halogens is 1. The van der Waals surface area contributed by atoms with E-state index in [1.807, 2.05) is 6.92 Å². The van der Waals surface area contributed by atoms with Gasteiger partial charge in [-0.3, -0.25) is 8.75 Å². The van der Waals surface area contributed by atoms with E-state index in [9.17, 15) is 17.9 Å². The molecule has 3 N–H and O–H groups in total. The van der Waals surface area contributed by atoms with Crippen LogP contribution in [0, 0.1) is 0 Å². The summed E-state index contributed by atoms with van der Waals surface area (Å²) in [5.41, 5.74) is 1.27. The van der Waals surface area contributed by atoms with E-state index in [2.05, 4.69) is 19.1 Å². The number of hydrogen-bond donors (Lipinski definition) is 2. The predicted octanol–water partition coefficient (Wildman–Crippen LogP) is -0.547. The molecular formula is C12H18FN5O5S. The summed E-state index contributed by atoms with van der Waals surface area (Å²) in [5.74, 6) is 0. The Morgan fingerprint density at radius 3 is 2.71 bits per heavy atom. The second-order valence-electron chi connectivity index (χ2n) is 4.91. The van der Waals surface area contributed by atoms with Crippen LogP contribution in [-0.2, 0) is 25.6 Å². The molecule has 0 amide bonds. The molecule has 0 aliphatic rings. The van der Waals surface area contributed by atoms with Gasteiger partial charge in [0.15, 0.2) is 5.65 Å². The zero-order chi connectivity index (χ0) is 17.9. The molecule has 0 radical (unpaired) electrons. The van der Waals surface area contributed by atoms with Gasteiger partial charge in [0.25, 0.3) is 0 Å². The van der Waals surface area contributed by atoms with Crippen LogP contribution in [0.1, 0.15) is 18.9 Å². The quantitative estimate of drug-likeness (QED) is 0.636. The van der Waals surface area contributed by atoms with Gasteiger partial charge < -0.3 is 9.84 Å². The Balaban J connectivity index is 2.25. The van der Waals surface area contributed by atoms with Crippen LogP contribution in [0.4, 0.5) is 4.39 Å². The highest BCUT2D eigenvalue weighted by atomic mass is 32.2. The van der Waals surface area contributed by atoms with Crippen molar-refractivity contribution >= 4 is 21.5 Å². The van der Waals surface area contributed by atoms with Crippen molar-refractivity contribution in [2.24, 2.45) is 5.14 Å². The summed E-state index contributed by atoms with van der Waals surface area (Å²) in [6, 6.07) is 0. The van der Waals surface area contributed by atoms with Crippen LogP contribution < -0.4 is 5.14 Å². The van der Waals surface area contributed by atoms with E-state index in [1.165, 1.54) is 19.8 Å². The molecule has 2 heterocycles. The Labute approximate surface area is 137 Å². The number of methoxy groups -OCH3 is 1. The SMILES string of the molecule is CCc1ncnc2c1ncn2[C@@H](F)[C@H](O)[C@@H](COS(N)(=O)=O)OC. The standard InChI is InChI=1S/C12H18FN5O5S/c1-3-7-9-12(16-5-15-7)18(6-17-9)11(13)10(19)8(22-2)4-23-24(14,20)21/h5-6,8,10-11,19H,3-4H2,1-2H3,(H2,14,20,21)/t8-,10-,11-/m1/s1. The zero-order valence-electron chi connectivity index (χ0n) is 13.0. The lowest BCUT2D eigenvalue weighted by atomic mass is 10.2. The normalized spacial score (nSPS) is 16.2. The van der Waals surface area contributed by atoms with E-state index in [-0.39, 0.29) is 5.65 Å². The first-order chi connectivity index (χ1) is 11.3. The molecule has 0 aliphatic heterocycles. The lowest BCUT2D eigenvalue weighted by Crippen LogP contribution is -2.39. The number of ether oxygens (including phenoxy) is 1. The van der Waals surface area contributed by atoms with Crippen LogP contribution in [0.25, 0.3) is 11.2 Å². The molecule has 24 heavy (non-hydrogen) atoms. The number of imidazole rings is 1. The molecule has 12 heteroatoms. The van der Waals surface area contributed by atoms with Crippen LogP contribution in [-0.4, -0.2) is 59.0 Å². The van der Waals surface area contributed by atoms with E-state index < -0.39 is 35.4 Å². The van der Waals surface area contributed by atoms with Crippen molar-refractivity contribution in [3.05, 3.63) is 18.3 Å². The number of hydrogen-bond acceptors (Lipinski definition) is 8. The highest BCUT2D eigenvalue weighted by Gasteiger charge is 2.32. The molecule has 2 aromatic rings. The highest BCUT2D eigenvalue weighted by Crippen LogP contribution is 2.24. The third-order valence-electron chi connectivity index (χ3n) is 3.40. The molecule has 0 saturated heterocycles. The second-order valence-corrected chi connectivity index (χ2v) is 6.13. The minimum Gasteiger partial charge on any atom is -0.385 e. The molecule has 2 rings (SSSR count). The Hall–Kier alpha value is -1.73. The van der Waals surface area contributed by atoms with Crippen LogP contribution in [0.15, 0.2) is 12.7 Å². The van der Waals surface area contributed by atoms with Gasteiger partial charge in [0.1, 0.15) is 24.1 Å². The fourth-order valence-electron chi connectivity index (χ4n) is 2.15. The maximum absolute atomic E-state index is 14.7. The van der Waals surface area contributed by atoms with Crippen LogP contribution in [0.5, 0.6) is 0 Å². The van der Waals surface area contributed by atoms with Crippen molar-refractivity contribution in [3.8, 4) is 0 Å². The summed E-state index contributed by atoms with van der Waals surface area (Å²) < 4.78 is 46.5. The van der Waals surface area contributed by atoms with E-state index in [4.69, 9.17) is 9.88 Å². The van der Waals surface area contributed by atoms with Gasteiger partial charge in [-0.05, 0) is 6.42 Å². The number of aromatic nitrogens is 4. The van der Waals surface area contributed by atoms with E-state index in [0.717, 1.165) is 4.57 Å². The summed E-state index contributed by atoms with van der Waals surface area (Å²) in [7, 11) is -3.06. The molecule has 3 atom stereocenters. The number of alkyl halides is 1. The fraction of sp³-hybridized carbons (Fsp3) is 0.583. The summed E-state index contributed by atoms with van der Waals surface area (Å²) in [6.07, 6.45) is -1.98. The Kier molecular flexibility index (Phi) is 5.77. The Bertz CT molecular complexity index is 798. The molecule has 0 aromatic carbocycles. The lowest BCUT2D eigenvalue weighted by molar-refractivity contribution is -0.0847. The summed E-state index contributed by atoms with van der Waals surface area (Å²) in [6.45, 7) is 1.23. The van der Waals surface area contributed by atoms with Crippen LogP contribution in [0.3, 0.4) is 0 Å². The minimum absolute atomic E-state index is 0.204. The van der Waals surface area contributed by atoms with Gasteiger partial charge in [0, 0.05) is 7.11 Å². The van der Waals surface area contributed by atoms with Crippen molar-refractivity contribution in [1.82, 2.24) is 19.5 Å². The number of nitrogens with two attached hydrogens (primary N) is 1. The summed E-state index contributed by atoms with van der Waals surface area (Å²) >= 11 is 0. The first-order valence-electron chi connectivity index (χ1n) is 6.97. The van der Waals surface area contributed by atoms with E-state index in [0.29, 0.717) is 17.6 Å². The number of rotatable bonds is 8. The zero-order valence-corrected chi connectivity index (χ0v) is 13.9. The molecule has 2 aromatic heterocycles. The number of aliphatic hydroxyl groups excluding tert-OH is 1. The lowest BCUT2D eigenvalue weighted by Gasteiger charge is -2.24. The van der Waals surface area contributed by atoms with Gasteiger partial charge in [-0.1, -0.05) is 6.92 Å². The van der Waals surface area contributed by atoms with Gasteiger partial charge in [0.05, 0.1) is 18.6 Å². The van der Waals surface area contributed by atoms with Crippen LogP contribution >= 0.6 is 0 Å². The van der Waals surface area contributed by atoms with E-state index >= 15 is 0 Å². The van der Waals surface area contributed by atoms with Gasteiger partial charge in [0.2, 0.25) is 6.30 Å². The van der Waals surface area contributed by atoms with Gasteiger partial charge in [-0.2, -0.15) is 8.42 Å². The number of fused-ring (bicyclic) bond motifs is 1. The Morgan fingerprint density at radius 1 is 1.42 bits per heavy atom. The molecule has 134 valence electrons. The third kappa shape index (κ3) is 4.02. The molecule has 0 unspecified atom stereocenters. The average Bonchev–Trinajstić information content (AvgIpc) is 2.97. The monoisotopic (exact) mass is 363 g/mol. The maximum Gasteiger partial charge on any atom is 0.333 e. The number of nitrogens with zero attached hydrogens (tertiary/aromatic N) is 4. The predicted molar refractivity (Wildman–Crippen MR) is 80.7 cm³/mol.